The number of esters is 3. The first-order valence-corrected chi connectivity index (χ1v) is 23.1. The number of ether oxygens (including phenoxy) is 7. The zero-order valence-corrected chi connectivity index (χ0v) is 40.5. The molecule has 0 fully saturated rings. The zero-order valence-electron chi connectivity index (χ0n) is 34.7. The third-order valence-corrected chi connectivity index (χ3v) is 13.2. The largest absolute Gasteiger partial charge is 0.484 e. The standard InChI is InChI=1S/C40H49NO12S7/c1-10-47-34(54)58-37(4,5)31(44)51-21-40(22-52-32(45)38(6,7)59-35(55)48-11-2,23-53-33(46)39(8,9)60-36(56)49-12-3)41-29(42)20-50-24-17-18-28-26(19-24)30(43)25-15-13-14-16-27(25)57-28/h13-19H,10-12,20-23H2,1-9H3,(H,41,42). The summed E-state index contributed by atoms with van der Waals surface area (Å²) in [4.78, 5) is 68.1. The predicted molar refractivity (Wildman–Crippen MR) is 253 cm³/mol. The molecule has 3 aromatic rings. The van der Waals surface area contributed by atoms with Gasteiger partial charge < -0.3 is 38.5 Å². The highest BCUT2D eigenvalue weighted by molar-refractivity contribution is 8.24. The van der Waals surface area contributed by atoms with Crippen LogP contribution in [0.15, 0.2) is 47.3 Å². The number of carbonyl (C=O) groups excluding carboxylic acids is 4. The smallest absolute Gasteiger partial charge is 0.322 e. The van der Waals surface area contributed by atoms with Crippen molar-refractivity contribution >= 4 is 140 Å². The summed E-state index contributed by atoms with van der Waals surface area (Å²) in [5, 5.41) is 3.71. The molecule has 13 nitrogen and oxygen atoms in total. The normalized spacial score (nSPS) is 11.9. The summed E-state index contributed by atoms with van der Waals surface area (Å²) in [5.41, 5.74) is -2.08. The molecule has 0 spiro atoms. The van der Waals surface area contributed by atoms with Gasteiger partial charge in [0, 0.05) is 20.2 Å². The van der Waals surface area contributed by atoms with E-state index in [0.29, 0.717) is 10.8 Å². The van der Waals surface area contributed by atoms with Gasteiger partial charge in [-0.15, -0.1) is 11.3 Å². The fraction of sp³-hybridized carbons (Fsp3) is 0.500. The number of amides is 1. The van der Waals surface area contributed by atoms with Crippen LogP contribution in [0.5, 0.6) is 5.75 Å². The average Bonchev–Trinajstić information content (AvgIpc) is 3.17. The maximum Gasteiger partial charge on any atom is 0.322 e. The fourth-order valence-corrected chi connectivity index (χ4v) is 10.4. The van der Waals surface area contributed by atoms with Crippen molar-refractivity contribution in [1.82, 2.24) is 5.32 Å². The molecule has 0 aliphatic heterocycles. The summed E-state index contributed by atoms with van der Waals surface area (Å²) in [5.74, 6) is -2.85. The molecule has 0 atom stereocenters. The fourth-order valence-electron chi connectivity index (χ4n) is 4.91. The van der Waals surface area contributed by atoms with Crippen molar-refractivity contribution in [1.29, 1.82) is 0 Å². The van der Waals surface area contributed by atoms with E-state index < -0.39 is 70.0 Å². The molecular weight excluding hydrogens is 911 g/mol. The summed E-state index contributed by atoms with van der Waals surface area (Å²) in [6.07, 6.45) is 0. The Hall–Kier alpha value is -3.27. The Morgan fingerprint density at radius 3 is 1.47 bits per heavy atom. The van der Waals surface area contributed by atoms with Crippen LogP contribution in [0.3, 0.4) is 0 Å². The summed E-state index contributed by atoms with van der Waals surface area (Å²) in [7, 11) is 0. The number of hydrogen-bond donors (Lipinski definition) is 1. The van der Waals surface area contributed by atoms with Gasteiger partial charge in [0.05, 0.1) is 19.8 Å². The van der Waals surface area contributed by atoms with Gasteiger partial charge >= 0.3 is 17.9 Å². The third-order valence-electron chi connectivity index (χ3n) is 8.04. The van der Waals surface area contributed by atoms with Crippen molar-refractivity contribution in [2.75, 3.05) is 46.2 Å². The first-order valence-electron chi connectivity index (χ1n) is 18.6. The van der Waals surface area contributed by atoms with Crippen LogP contribution in [0.4, 0.5) is 0 Å². The maximum absolute atomic E-state index is 13.9. The molecular formula is C40H49NO12S7. The van der Waals surface area contributed by atoms with E-state index in [1.54, 1.807) is 92.6 Å². The molecule has 328 valence electrons. The van der Waals surface area contributed by atoms with Crippen molar-refractivity contribution in [3.05, 3.63) is 52.7 Å². The van der Waals surface area contributed by atoms with Crippen LogP contribution in [-0.2, 0) is 47.6 Å². The zero-order chi connectivity index (χ0) is 44.9. The van der Waals surface area contributed by atoms with Crippen molar-refractivity contribution in [2.45, 2.75) is 82.1 Å². The van der Waals surface area contributed by atoms with E-state index in [0.717, 1.165) is 44.7 Å². The Labute approximate surface area is 382 Å². The number of benzene rings is 2. The van der Waals surface area contributed by atoms with Crippen LogP contribution in [-0.4, -0.2) is 103 Å². The highest BCUT2D eigenvalue weighted by Crippen LogP contribution is 2.32. The predicted octanol–water partition coefficient (Wildman–Crippen LogP) is 7.78. The van der Waals surface area contributed by atoms with Gasteiger partial charge in [0.15, 0.2) is 12.0 Å². The molecule has 1 aromatic heterocycles. The van der Waals surface area contributed by atoms with Gasteiger partial charge in [-0.1, -0.05) is 47.4 Å². The van der Waals surface area contributed by atoms with Crippen LogP contribution in [0.25, 0.3) is 20.2 Å². The number of thiocarbonyl (C=S) groups is 3. The first-order chi connectivity index (χ1) is 28.1. The van der Waals surface area contributed by atoms with E-state index in [-0.39, 0.29) is 44.1 Å². The van der Waals surface area contributed by atoms with Gasteiger partial charge in [-0.3, -0.25) is 24.0 Å². The van der Waals surface area contributed by atoms with Crippen molar-refractivity contribution < 1.29 is 52.3 Å². The van der Waals surface area contributed by atoms with Crippen molar-refractivity contribution in [3.63, 3.8) is 0 Å². The monoisotopic (exact) mass is 959 g/mol. The number of carbonyl (C=O) groups is 4. The summed E-state index contributed by atoms with van der Waals surface area (Å²) in [6.45, 7) is 13.0. The molecule has 1 amide bonds. The Morgan fingerprint density at radius 2 is 1.03 bits per heavy atom. The summed E-state index contributed by atoms with van der Waals surface area (Å²) in [6, 6.07) is 12.2. The van der Waals surface area contributed by atoms with Crippen LogP contribution >= 0.6 is 83.3 Å². The van der Waals surface area contributed by atoms with Crippen molar-refractivity contribution in [2.24, 2.45) is 0 Å². The second-order valence-electron chi connectivity index (χ2n) is 14.3. The summed E-state index contributed by atoms with van der Waals surface area (Å²) >= 11 is 20.1. The lowest BCUT2D eigenvalue weighted by atomic mass is 10.0. The Kier molecular flexibility index (Phi) is 19.3. The van der Waals surface area contributed by atoms with Crippen LogP contribution < -0.4 is 15.5 Å². The first kappa shape index (κ1) is 51.1. The maximum atomic E-state index is 13.9. The number of hydrogen-bond acceptors (Lipinski definition) is 19. The lowest BCUT2D eigenvalue weighted by Gasteiger charge is -2.36. The Balaban J connectivity index is 2.00. The van der Waals surface area contributed by atoms with E-state index in [1.807, 2.05) is 12.1 Å². The quantitative estimate of drug-likeness (QED) is 0.0536. The minimum absolute atomic E-state index is 0.111. The van der Waals surface area contributed by atoms with Crippen LogP contribution in [0.1, 0.15) is 62.3 Å². The molecule has 3 rings (SSSR count). The lowest BCUT2D eigenvalue weighted by Crippen LogP contribution is -2.61. The highest BCUT2D eigenvalue weighted by Gasteiger charge is 2.44. The third kappa shape index (κ3) is 15.0. The number of nitrogens with one attached hydrogen (secondary N) is 1. The van der Waals surface area contributed by atoms with Crippen LogP contribution in [0.2, 0.25) is 0 Å². The average molecular weight is 960 g/mol. The SMILES string of the molecule is CCOC(=S)SC(C)(C)C(=O)OCC(COC(=O)C(C)(C)SC(=S)OCC)(COC(=O)C(C)(C)SC(=S)OCC)NC(=O)COc1ccc2sc3ccccc3c(=O)c2c1. The number of rotatable bonds is 19. The molecule has 0 bridgehead atoms. The van der Waals surface area contributed by atoms with Gasteiger partial charge in [-0.25, -0.2) is 0 Å². The topological polar surface area (TPSA) is 162 Å². The molecule has 0 aliphatic rings. The molecule has 0 unspecified atom stereocenters. The molecule has 1 heterocycles. The Morgan fingerprint density at radius 1 is 0.617 bits per heavy atom. The number of fused-ring (bicyclic) bond motifs is 2. The second-order valence-corrected chi connectivity index (χ2v) is 22.1. The van der Waals surface area contributed by atoms with E-state index >= 15 is 0 Å². The van der Waals surface area contributed by atoms with E-state index in [2.05, 4.69) is 5.32 Å². The Bertz CT molecular complexity index is 2020. The molecule has 0 aliphatic carbocycles. The van der Waals surface area contributed by atoms with Crippen LogP contribution in [0, 0.1) is 0 Å². The highest BCUT2D eigenvalue weighted by atomic mass is 32.2. The molecule has 60 heavy (non-hydrogen) atoms. The molecule has 0 saturated heterocycles. The molecule has 20 heteroatoms. The van der Waals surface area contributed by atoms with Gasteiger partial charge in [0.2, 0.25) is 13.1 Å². The molecule has 2 aromatic carbocycles. The minimum Gasteiger partial charge on any atom is -0.484 e. The van der Waals surface area contributed by atoms with Crippen molar-refractivity contribution in [3.8, 4) is 5.75 Å². The van der Waals surface area contributed by atoms with Gasteiger partial charge in [0.25, 0.3) is 5.91 Å². The molecule has 1 N–H and O–H groups in total. The van der Waals surface area contributed by atoms with E-state index in [1.165, 1.54) is 11.3 Å². The van der Waals surface area contributed by atoms with Gasteiger partial charge in [-0.2, -0.15) is 0 Å². The summed E-state index contributed by atoms with van der Waals surface area (Å²) < 4.78 is 37.4. The molecule has 0 saturated carbocycles. The molecule has 0 radical (unpaired) electrons. The van der Waals surface area contributed by atoms with Gasteiger partial charge in [-0.05, 0) is 129 Å². The minimum atomic E-state index is -1.89. The lowest BCUT2D eigenvalue weighted by molar-refractivity contribution is -0.161. The van der Waals surface area contributed by atoms with E-state index in [4.69, 9.17) is 69.8 Å². The van der Waals surface area contributed by atoms with Gasteiger partial charge in [0.1, 0.15) is 45.4 Å². The van der Waals surface area contributed by atoms with E-state index in [9.17, 15) is 24.0 Å². The second kappa shape index (κ2) is 22.7. The number of thioether (sulfide) groups is 3.